The quantitative estimate of drug-likeness (QED) is 0.346. The number of carbonyl (C=O) groups is 1. The van der Waals surface area contributed by atoms with E-state index in [4.69, 9.17) is 0 Å². The van der Waals surface area contributed by atoms with Crippen LogP contribution in [-0.4, -0.2) is 46.7 Å². The first-order valence-electron chi connectivity index (χ1n) is 12.8. The molecule has 0 spiro atoms. The zero-order chi connectivity index (χ0) is 27.4. The van der Waals surface area contributed by atoms with Crippen LogP contribution in [-0.2, 0) is 27.9 Å². The van der Waals surface area contributed by atoms with Crippen LogP contribution in [0.25, 0.3) is 0 Å². The van der Waals surface area contributed by atoms with Gasteiger partial charge in [-0.25, -0.2) is 8.42 Å². The fourth-order valence-electron chi connectivity index (χ4n) is 4.37. The van der Waals surface area contributed by atoms with Crippen molar-refractivity contribution in [2.45, 2.75) is 72.0 Å². The van der Waals surface area contributed by atoms with Gasteiger partial charge in [0.15, 0.2) is 0 Å². The number of rotatable bonds is 10. The third-order valence-electron chi connectivity index (χ3n) is 6.33. The molecule has 0 radical (unpaired) electrons. The van der Waals surface area contributed by atoms with Crippen molar-refractivity contribution in [1.29, 1.82) is 0 Å². The summed E-state index contributed by atoms with van der Waals surface area (Å²) in [5.74, 6) is -0.144. The van der Waals surface area contributed by atoms with Crippen molar-refractivity contribution in [3.05, 3.63) is 89.2 Å². The van der Waals surface area contributed by atoms with Crippen molar-refractivity contribution in [2.24, 2.45) is 5.92 Å². The molecule has 2 aromatic carbocycles. The number of hydrogen-bond acceptors (Lipinski definition) is 3. The molecule has 0 saturated heterocycles. The molecule has 0 unspecified atom stereocenters. The average molecular weight is 524 g/mol. The van der Waals surface area contributed by atoms with Crippen molar-refractivity contribution in [3.63, 3.8) is 0 Å². The number of amides is 1. The topological polar surface area (TPSA) is 62.6 Å². The SMILES string of the molecule is Cc1ccc(S(=O)(=O)N(CC(=O)N(Cc2cccn2Cc2cccc(C)c2)C(C)(C)C)CC(C)C)cc1. The van der Waals surface area contributed by atoms with Crippen LogP contribution >= 0.6 is 0 Å². The molecule has 0 aliphatic carbocycles. The Kier molecular flexibility index (Phi) is 9.03. The van der Waals surface area contributed by atoms with E-state index in [1.165, 1.54) is 15.4 Å². The number of sulfonamides is 1. The van der Waals surface area contributed by atoms with Gasteiger partial charge in [-0.2, -0.15) is 4.31 Å². The Morgan fingerprint density at radius 1 is 0.946 bits per heavy atom. The first-order chi connectivity index (χ1) is 17.3. The Balaban J connectivity index is 1.86. The second-order valence-electron chi connectivity index (χ2n) is 11.3. The molecule has 7 heteroatoms. The molecule has 0 N–H and O–H groups in total. The molecular weight excluding hydrogens is 482 g/mol. The van der Waals surface area contributed by atoms with Crippen LogP contribution < -0.4 is 0 Å². The van der Waals surface area contributed by atoms with Gasteiger partial charge in [0.05, 0.1) is 18.0 Å². The average Bonchev–Trinajstić information content (AvgIpc) is 3.22. The highest BCUT2D eigenvalue weighted by Crippen LogP contribution is 2.22. The lowest BCUT2D eigenvalue weighted by atomic mass is 10.1. The zero-order valence-corrected chi connectivity index (χ0v) is 24.0. The first kappa shape index (κ1) is 28.7. The zero-order valence-electron chi connectivity index (χ0n) is 23.2. The molecule has 1 aromatic heterocycles. The molecule has 0 aliphatic heterocycles. The molecule has 3 aromatic rings. The Hall–Kier alpha value is -2.90. The lowest BCUT2D eigenvalue weighted by Gasteiger charge is -2.37. The van der Waals surface area contributed by atoms with Crippen molar-refractivity contribution in [1.82, 2.24) is 13.8 Å². The summed E-state index contributed by atoms with van der Waals surface area (Å²) in [5, 5.41) is 0. The summed E-state index contributed by atoms with van der Waals surface area (Å²) in [6, 6.07) is 19.2. The standard InChI is InChI=1S/C30H41N3O3S/c1-23(2)19-32(37(35,36)28-15-13-24(3)14-16-28)22-29(34)33(30(5,6)7)21-27-12-9-17-31(27)20-26-11-8-10-25(4)18-26/h8-18,23H,19-22H2,1-7H3. The Morgan fingerprint density at radius 3 is 2.22 bits per heavy atom. The van der Waals surface area contributed by atoms with Crippen molar-refractivity contribution >= 4 is 15.9 Å². The van der Waals surface area contributed by atoms with E-state index in [1.54, 1.807) is 29.2 Å². The molecule has 0 bridgehead atoms. The van der Waals surface area contributed by atoms with E-state index in [0.29, 0.717) is 13.1 Å². The molecular formula is C30H41N3O3S. The molecule has 37 heavy (non-hydrogen) atoms. The van der Waals surface area contributed by atoms with Crippen molar-refractivity contribution in [3.8, 4) is 0 Å². The molecule has 1 heterocycles. The van der Waals surface area contributed by atoms with E-state index >= 15 is 0 Å². The minimum atomic E-state index is -3.82. The monoisotopic (exact) mass is 523 g/mol. The van der Waals surface area contributed by atoms with Crippen molar-refractivity contribution in [2.75, 3.05) is 13.1 Å². The normalized spacial score (nSPS) is 12.4. The van der Waals surface area contributed by atoms with Gasteiger partial charge in [-0.1, -0.05) is 61.4 Å². The van der Waals surface area contributed by atoms with Gasteiger partial charge >= 0.3 is 0 Å². The number of nitrogens with zero attached hydrogens (tertiary/aromatic N) is 3. The second kappa shape index (κ2) is 11.7. The molecule has 0 atom stereocenters. The highest BCUT2D eigenvalue weighted by molar-refractivity contribution is 7.89. The van der Waals surface area contributed by atoms with Gasteiger partial charge in [0, 0.05) is 30.5 Å². The van der Waals surface area contributed by atoms with E-state index in [2.05, 4.69) is 35.8 Å². The van der Waals surface area contributed by atoms with Crippen LogP contribution in [0.4, 0.5) is 0 Å². The van der Waals surface area contributed by atoms with Crippen LogP contribution in [0.2, 0.25) is 0 Å². The third-order valence-corrected chi connectivity index (χ3v) is 8.15. The van der Waals surface area contributed by atoms with E-state index in [9.17, 15) is 13.2 Å². The van der Waals surface area contributed by atoms with Crippen LogP contribution in [0, 0.1) is 19.8 Å². The molecule has 200 valence electrons. The predicted molar refractivity (Wildman–Crippen MR) is 150 cm³/mol. The maximum absolute atomic E-state index is 13.8. The number of hydrogen-bond donors (Lipinski definition) is 0. The predicted octanol–water partition coefficient (Wildman–Crippen LogP) is 5.63. The summed E-state index contributed by atoms with van der Waals surface area (Å²) in [7, 11) is -3.82. The van der Waals surface area contributed by atoms with Gasteiger partial charge < -0.3 is 9.47 Å². The number of aromatic nitrogens is 1. The lowest BCUT2D eigenvalue weighted by Crippen LogP contribution is -2.50. The molecule has 0 saturated carbocycles. The Morgan fingerprint density at radius 2 is 1.62 bits per heavy atom. The van der Waals surface area contributed by atoms with E-state index in [1.807, 2.05) is 59.9 Å². The number of benzene rings is 2. The Labute approximate surface area is 223 Å². The van der Waals surface area contributed by atoms with Crippen LogP contribution in [0.3, 0.4) is 0 Å². The van der Waals surface area contributed by atoms with Crippen LogP contribution in [0.1, 0.15) is 57.0 Å². The van der Waals surface area contributed by atoms with E-state index in [-0.39, 0.29) is 29.8 Å². The van der Waals surface area contributed by atoms with Gasteiger partial charge in [-0.3, -0.25) is 4.79 Å². The van der Waals surface area contributed by atoms with Crippen molar-refractivity contribution < 1.29 is 13.2 Å². The van der Waals surface area contributed by atoms with Crippen LogP contribution in [0.15, 0.2) is 71.8 Å². The summed E-state index contributed by atoms with van der Waals surface area (Å²) in [4.78, 5) is 15.8. The maximum Gasteiger partial charge on any atom is 0.243 e. The van der Waals surface area contributed by atoms with Gasteiger partial charge in [-0.15, -0.1) is 0 Å². The number of carbonyl (C=O) groups excluding carboxylic acids is 1. The third kappa shape index (κ3) is 7.55. The molecule has 3 rings (SSSR count). The summed E-state index contributed by atoms with van der Waals surface area (Å²) in [6.45, 7) is 15.0. The van der Waals surface area contributed by atoms with Gasteiger partial charge in [0.25, 0.3) is 0 Å². The molecule has 0 fully saturated rings. The summed E-state index contributed by atoms with van der Waals surface area (Å²) in [5.41, 5.74) is 3.89. The van der Waals surface area contributed by atoms with Gasteiger partial charge in [0.2, 0.25) is 15.9 Å². The minimum absolute atomic E-state index is 0.0719. The molecule has 6 nitrogen and oxygen atoms in total. The number of aryl methyl sites for hydroxylation is 2. The highest BCUT2D eigenvalue weighted by Gasteiger charge is 2.33. The summed E-state index contributed by atoms with van der Waals surface area (Å²) < 4.78 is 30.6. The summed E-state index contributed by atoms with van der Waals surface area (Å²) >= 11 is 0. The van der Waals surface area contributed by atoms with E-state index < -0.39 is 15.6 Å². The summed E-state index contributed by atoms with van der Waals surface area (Å²) in [6.07, 6.45) is 2.02. The maximum atomic E-state index is 13.8. The molecule has 0 aliphatic rings. The molecule has 1 amide bonds. The fourth-order valence-corrected chi connectivity index (χ4v) is 5.92. The van der Waals surface area contributed by atoms with Crippen LogP contribution in [0.5, 0.6) is 0 Å². The minimum Gasteiger partial charge on any atom is -0.345 e. The lowest BCUT2D eigenvalue weighted by molar-refractivity contribution is -0.137. The Bertz CT molecular complexity index is 1300. The largest absolute Gasteiger partial charge is 0.345 e. The van der Waals surface area contributed by atoms with E-state index in [0.717, 1.165) is 11.3 Å². The van der Waals surface area contributed by atoms with Gasteiger partial charge in [0.1, 0.15) is 0 Å². The smallest absolute Gasteiger partial charge is 0.243 e. The fraction of sp³-hybridized carbons (Fsp3) is 0.433. The highest BCUT2D eigenvalue weighted by atomic mass is 32.2. The van der Waals surface area contributed by atoms with Gasteiger partial charge in [-0.05, 0) is 70.4 Å². The first-order valence-corrected chi connectivity index (χ1v) is 14.3. The second-order valence-corrected chi connectivity index (χ2v) is 13.2.